The van der Waals surface area contributed by atoms with Crippen LogP contribution in [0, 0.1) is 5.82 Å². The quantitative estimate of drug-likeness (QED) is 0.927. The Bertz CT molecular complexity index is 554. The van der Waals surface area contributed by atoms with E-state index in [4.69, 9.17) is 11.6 Å². The highest BCUT2D eigenvalue weighted by Gasteiger charge is 2.19. The molecule has 1 aromatic heterocycles. The number of benzene rings is 1. The summed E-state index contributed by atoms with van der Waals surface area (Å²) in [7, 11) is 0. The molecular formula is C13H14ClFN2O. The molecule has 1 N–H and O–H groups in total. The average Bonchev–Trinajstić information content (AvgIpc) is 2.80. The van der Waals surface area contributed by atoms with Crippen molar-refractivity contribution in [1.29, 1.82) is 0 Å². The number of aromatic nitrogens is 2. The molecule has 3 nitrogen and oxygen atoms in total. The third-order valence-corrected chi connectivity index (χ3v) is 3.13. The second-order valence-corrected chi connectivity index (χ2v) is 4.80. The van der Waals surface area contributed by atoms with Crippen molar-refractivity contribution in [2.75, 3.05) is 0 Å². The van der Waals surface area contributed by atoms with Gasteiger partial charge in [-0.2, -0.15) is 0 Å². The van der Waals surface area contributed by atoms with Gasteiger partial charge >= 0.3 is 0 Å². The number of halogens is 2. The summed E-state index contributed by atoms with van der Waals surface area (Å²) in [6.07, 6.45) is 2.21. The number of aliphatic hydroxyl groups is 1. The standard InChI is InChI=1S/C13H14ClFN2O/c1-8(2)17-7-16-6-12(17)13(18)10-5-9(15)3-4-11(10)14/h3-8,13,18H,1-2H3. The molecule has 0 amide bonds. The topological polar surface area (TPSA) is 38.0 Å². The normalized spacial score (nSPS) is 13.0. The monoisotopic (exact) mass is 268 g/mol. The zero-order chi connectivity index (χ0) is 13.3. The number of imidazole rings is 1. The molecule has 96 valence electrons. The van der Waals surface area contributed by atoms with Crippen molar-refractivity contribution in [2.45, 2.75) is 26.0 Å². The molecule has 1 unspecified atom stereocenters. The van der Waals surface area contributed by atoms with Gasteiger partial charge < -0.3 is 9.67 Å². The third kappa shape index (κ3) is 2.40. The van der Waals surface area contributed by atoms with Crippen LogP contribution in [0.15, 0.2) is 30.7 Å². The van der Waals surface area contributed by atoms with Gasteiger partial charge in [0.2, 0.25) is 0 Å². The van der Waals surface area contributed by atoms with Gasteiger partial charge in [-0.05, 0) is 32.0 Å². The van der Waals surface area contributed by atoms with E-state index in [1.807, 2.05) is 18.4 Å². The highest BCUT2D eigenvalue weighted by molar-refractivity contribution is 6.31. The maximum atomic E-state index is 13.2. The van der Waals surface area contributed by atoms with Gasteiger partial charge in [0.1, 0.15) is 11.9 Å². The Kier molecular flexibility index (Phi) is 3.68. The Balaban J connectivity index is 2.44. The fraction of sp³-hybridized carbons (Fsp3) is 0.308. The average molecular weight is 269 g/mol. The van der Waals surface area contributed by atoms with Crippen molar-refractivity contribution in [3.05, 3.63) is 52.8 Å². The van der Waals surface area contributed by atoms with Crippen molar-refractivity contribution >= 4 is 11.6 Å². The van der Waals surface area contributed by atoms with Gasteiger partial charge in [-0.25, -0.2) is 9.37 Å². The summed E-state index contributed by atoms with van der Waals surface area (Å²) in [5.74, 6) is -0.427. The summed E-state index contributed by atoms with van der Waals surface area (Å²) in [4.78, 5) is 4.01. The molecule has 5 heteroatoms. The van der Waals surface area contributed by atoms with Crippen LogP contribution in [0.25, 0.3) is 0 Å². The summed E-state index contributed by atoms with van der Waals surface area (Å²) in [5.41, 5.74) is 0.941. The zero-order valence-electron chi connectivity index (χ0n) is 10.1. The Labute approximate surface area is 110 Å². The minimum Gasteiger partial charge on any atom is -0.382 e. The number of nitrogens with zero attached hydrogens (tertiary/aromatic N) is 2. The Morgan fingerprint density at radius 1 is 1.39 bits per heavy atom. The van der Waals surface area contributed by atoms with Crippen LogP contribution in [-0.4, -0.2) is 14.7 Å². The second-order valence-electron chi connectivity index (χ2n) is 4.39. The van der Waals surface area contributed by atoms with E-state index in [0.29, 0.717) is 16.3 Å². The molecule has 2 rings (SSSR count). The minimum atomic E-state index is -0.988. The largest absolute Gasteiger partial charge is 0.382 e. The van der Waals surface area contributed by atoms with Crippen LogP contribution in [0.2, 0.25) is 5.02 Å². The molecular weight excluding hydrogens is 255 g/mol. The Morgan fingerprint density at radius 3 is 2.78 bits per heavy atom. The molecule has 0 fully saturated rings. The number of hydrogen-bond acceptors (Lipinski definition) is 2. The van der Waals surface area contributed by atoms with Crippen LogP contribution in [0.5, 0.6) is 0 Å². The van der Waals surface area contributed by atoms with E-state index in [2.05, 4.69) is 4.98 Å². The van der Waals surface area contributed by atoms with Gasteiger partial charge in [0.25, 0.3) is 0 Å². The molecule has 0 bridgehead atoms. The molecule has 0 spiro atoms. The van der Waals surface area contributed by atoms with Crippen LogP contribution in [0.1, 0.15) is 37.3 Å². The van der Waals surface area contributed by atoms with E-state index in [1.165, 1.54) is 18.2 Å². The molecule has 1 aromatic carbocycles. The summed E-state index contributed by atoms with van der Waals surface area (Å²) in [6.45, 7) is 3.95. The van der Waals surface area contributed by atoms with E-state index in [-0.39, 0.29) is 6.04 Å². The van der Waals surface area contributed by atoms with Crippen molar-refractivity contribution in [1.82, 2.24) is 9.55 Å². The number of hydrogen-bond donors (Lipinski definition) is 1. The first-order chi connectivity index (χ1) is 8.50. The molecule has 1 heterocycles. The SMILES string of the molecule is CC(C)n1cncc1C(O)c1cc(F)ccc1Cl. The lowest BCUT2D eigenvalue weighted by molar-refractivity contribution is 0.207. The van der Waals surface area contributed by atoms with E-state index in [0.717, 1.165) is 0 Å². The van der Waals surface area contributed by atoms with Gasteiger partial charge in [-0.1, -0.05) is 11.6 Å². The van der Waals surface area contributed by atoms with Gasteiger partial charge in [0.15, 0.2) is 0 Å². The summed E-state index contributed by atoms with van der Waals surface area (Å²) in [5, 5.41) is 10.6. The van der Waals surface area contributed by atoms with E-state index >= 15 is 0 Å². The van der Waals surface area contributed by atoms with Crippen LogP contribution < -0.4 is 0 Å². The minimum absolute atomic E-state index is 0.157. The lowest BCUT2D eigenvalue weighted by Gasteiger charge is -2.17. The molecule has 0 saturated carbocycles. The maximum absolute atomic E-state index is 13.2. The predicted molar refractivity (Wildman–Crippen MR) is 68.1 cm³/mol. The Morgan fingerprint density at radius 2 is 2.11 bits per heavy atom. The van der Waals surface area contributed by atoms with Gasteiger partial charge in [-0.3, -0.25) is 0 Å². The Hall–Kier alpha value is -1.39. The van der Waals surface area contributed by atoms with Crippen molar-refractivity contribution in [3.63, 3.8) is 0 Å². The van der Waals surface area contributed by atoms with Crippen LogP contribution in [-0.2, 0) is 0 Å². The molecule has 18 heavy (non-hydrogen) atoms. The first kappa shape index (κ1) is 13.1. The van der Waals surface area contributed by atoms with Crippen LogP contribution in [0.4, 0.5) is 4.39 Å². The molecule has 0 radical (unpaired) electrons. The van der Waals surface area contributed by atoms with Crippen molar-refractivity contribution < 1.29 is 9.50 Å². The first-order valence-electron chi connectivity index (χ1n) is 5.65. The first-order valence-corrected chi connectivity index (χ1v) is 6.03. The van der Waals surface area contributed by atoms with E-state index in [9.17, 15) is 9.50 Å². The van der Waals surface area contributed by atoms with Crippen molar-refractivity contribution in [2.24, 2.45) is 0 Å². The second kappa shape index (κ2) is 5.08. The fourth-order valence-corrected chi connectivity index (χ4v) is 2.06. The third-order valence-electron chi connectivity index (χ3n) is 2.79. The highest BCUT2D eigenvalue weighted by Crippen LogP contribution is 2.29. The smallest absolute Gasteiger partial charge is 0.123 e. The maximum Gasteiger partial charge on any atom is 0.123 e. The fourth-order valence-electron chi connectivity index (χ4n) is 1.84. The predicted octanol–water partition coefficient (Wildman–Crippen LogP) is 3.34. The molecule has 0 saturated heterocycles. The van der Waals surface area contributed by atoms with Gasteiger partial charge in [0.05, 0.1) is 18.2 Å². The van der Waals surface area contributed by atoms with E-state index in [1.54, 1.807) is 12.5 Å². The number of rotatable bonds is 3. The van der Waals surface area contributed by atoms with Crippen LogP contribution in [0.3, 0.4) is 0 Å². The highest BCUT2D eigenvalue weighted by atomic mass is 35.5. The molecule has 0 aliphatic carbocycles. The summed E-state index contributed by atoms with van der Waals surface area (Å²) in [6, 6.07) is 4.10. The zero-order valence-corrected chi connectivity index (χ0v) is 10.9. The number of aliphatic hydroxyl groups excluding tert-OH is 1. The molecule has 2 aromatic rings. The summed E-state index contributed by atoms with van der Waals surface area (Å²) >= 11 is 5.98. The van der Waals surface area contributed by atoms with Gasteiger partial charge in [0, 0.05) is 16.6 Å². The van der Waals surface area contributed by atoms with Gasteiger partial charge in [-0.15, -0.1) is 0 Å². The van der Waals surface area contributed by atoms with Crippen LogP contribution >= 0.6 is 11.6 Å². The van der Waals surface area contributed by atoms with Crippen molar-refractivity contribution in [3.8, 4) is 0 Å². The lowest BCUT2D eigenvalue weighted by Crippen LogP contribution is -2.10. The van der Waals surface area contributed by atoms with E-state index < -0.39 is 11.9 Å². The lowest BCUT2D eigenvalue weighted by atomic mass is 10.1. The summed E-state index contributed by atoms with van der Waals surface area (Å²) < 4.78 is 15.0. The molecule has 0 aliphatic rings. The molecule has 1 atom stereocenters. The molecule has 0 aliphatic heterocycles.